The lowest BCUT2D eigenvalue weighted by atomic mass is 10.1. The van der Waals surface area contributed by atoms with Crippen LogP contribution in [0, 0.1) is 17.0 Å². The zero-order chi connectivity index (χ0) is 18.7. The number of allylic oxidation sites excluding steroid dienone is 1. The molecule has 0 saturated heterocycles. The summed E-state index contributed by atoms with van der Waals surface area (Å²) in [7, 11) is 0. The van der Waals surface area contributed by atoms with E-state index in [9.17, 15) is 14.9 Å². The lowest BCUT2D eigenvalue weighted by Crippen LogP contribution is -1.93. The first kappa shape index (κ1) is 17.6. The lowest BCUT2D eigenvalue weighted by molar-refractivity contribution is -0.384. The first-order chi connectivity index (χ1) is 12.4. The molecule has 0 aliphatic heterocycles. The Kier molecular flexibility index (Phi) is 5.00. The molecule has 2 aromatic carbocycles. The van der Waals surface area contributed by atoms with Gasteiger partial charge >= 0.3 is 0 Å². The van der Waals surface area contributed by atoms with Crippen LogP contribution in [-0.2, 0) is 0 Å². The predicted octanol–water partition coefficient (Wildman–Crippen LogP) is 5.71. The summed E-state index contributed by atoms with van der Waals surface area (Å²) >= 11 is 6.10. The first-order valence-corrected chi connectivity index (χ1v) is 8.15. The summed E-state index contributed by atoms with van der Waals surface area (Å²) in [6.07, 6.45) is 3.01. The molecule has 0 atom stereocenters. The minimum Gasteiger partial charge on any atom is -0.457 e. The molecule has 0 N–H and O–H groups in total. The number of nitrogens with zero attached hydrogens (tertiary/aromatic N) is 1. The maximum atomic E-state index is 12.1. The van der Waals surface area contributed by atoms with Gasteiger partial charge in [-0.15, -0.1) is 0 Å². The van der Waals surface area contributed by atoms with Crippen molar-refractivity contribution in [1.82, 2.24) is 0 Å². The van der Waals surface area contributed by atoms with Gasteiger partial charge in [-0.2, -0.15) is 0 Å². The van der Waals surface area contributed by atoms with Crippen LogP contribution in [-0.4, -0.2) is 10.7 Å². The molecule has 6 heteroatoms. The van der Waals surface area contributed by atoms with E-state index in [2.05, 4.69) is 0 Å². The molecule has 0 spiro atoms. The highest BCUT2D eigenvalue weighted by atomic mass is 35.5. The molecule has 1 heterocycles. The summed E-state index contributed by atoms with van der Waals surface area (Å²) in [4.78, 5) is 22.4. The van der Waals surface area contributed by atoms with Gasteiger partial charge in [-0.3, -0.25) is 14.9 Å². The maximum absolute atomic E-state index is 12.1. The number of aryl methyl sites for hydroxylation is 1. The fourth-order valence-electron chi connectivity index (χ4n) is 2.38. The van der Waals surface area contributed by atoms with Crippen molar-refractivity contribution in [3.8, 4) is 11.3 Å². The molecule has 3 rings (SSSR count). The van der Waals surface area contributed by atoms with Crippen LogP contribution in [0.3, 0.4) is 0 Å². The second-order valence-corrected chi connectivity index (χ2v) is 6.09. The number of furan rings is 1. The number of benzene rings is 2. The van der Waals surface area contributed by atoms with Gasteiger partial charge in [0.1, 0.15) is 11.5 Å². The van der Waals surface area contributed by atoms with Gasteiger partial charge in [0.2, 0.25) is 0 Å². The van der Waals surface area contributed by atoms with E-state index >= 15 is 0 Å². The van der Waals surface area contributed by atoms with E-state index in [0.717, 1.165) is 5.56 Å². The molecule has 1 aromatic heterocycles. The van der Waals surface area contributed by atoms with Crippen molar-refractivity contribution in [3.63, 3.8) is 0 Å². The van der Waals surface area contributed by atoms with Crippen molar-refractivity contribution in [3.05, 3.63) is 92.7 Å². The normalized spacial score (nSPS) is 11.0. The third kappa shape index (κ3) is 3.90. The van der Waals surface area contributed by atoms with Crippen LogP contribution in [0.2, 0.25) is 5.02 Å². The highest BCUT2D eigenvalue weighted by Gasteiger charge is 2.13. The minimum absolute atomic E-state index is 0.0888. The largest absolute Gasteiger partial charge is 0.457 e. The Morgan fingerprint density at radius 1 is 1.12 bits per heavy atom. The monoisotopic (exact) mass is 367 g/mol. The zero-order valence-corrected chi connectivity index (χ0v) is 14.6. The van der Waals surface area contributed by atoms with Gasteiger partial charge in [-0.25, -0.2) is 0 Å². The Morgan fingerprint density at radius 2 is 1.85 bits per heavy atom. The maximum Gasteiger partial charge on any atom is 0.270 e. The Labute approximate surface area is 154 Å². The topological polar surface area (TPSA) is 73.3 Å². The van der Waals surface area contributed by atoms with Crippen molar-refractivity contribution < 1.29 is 14.1 Å². The number of nitro groups is 1. The number of hydrogen-bond acceptors (Lipinski definition) is 4. The molecule has 0 amide bonds. The van der Waals surface area contributed by atoms with Crippen LogP contribution in [0.15, 0.2) is 65.1 Å². The Balaban J connectivity index is 1.78. The molecule has 5 nitrogen and oxygen atoms in total. The summed E-state index contributed by atoms with van der Waals surface area (Å²) in [5, 5.41) is 11.0. The van der Waals surface area contributed by atoms with Crippen LogP contribution >= 0.6 is 11.6 Å². The van der Waals surface area contributed by atoms with Gasteiger partial charge in [-0.05, 0) is 37.3 Å². The first-order valence-electron chi connectivity index (χ1n) is 7.77. The van der Waals surface area contributed by atoms with E-state index in [1.807, 2.05) is 19.1 Å². The molecule has 0 saturated carbocycles. The number of carbonyl (C=O) groups is 1. The molecular formula is C20H14ClNO4. The van der Waals surface area contributed by atoms with Gasteiger partial charge < -0.3 is 4.42 Å². The van der Waals surface area contributed by atoms with Gasteiger partial charge in [-0.1, -0.05) is 41.4 Å². The quantitative estimate of drug-likeness (QED) is 0.250. The van der Waals surface area contributed by atoms with Crippen molar-refractivity contribution >= 4 is 29.1 Å². The van der Waals surface area contributed by atoms with Gasteiger partial charge in [0.05, 0.1) is 9.95 Å². The number of hydrogen-bond donors (Lipinski definition) is 0. The van der Waals surface area contributed by atoms with E-state index in [1.54, 1.807) is 30.3 Å². The minimum atomic E-state index is -0.511. The summed E-state index contributed by atoms with van der Waals surface area (Å²) in [5.41, 5.74) is 2.13. The fraction of sp³-hybridized carbons (Fsp3) is 0.0500. The SMILES string of the molecule is Cc1ccc(C(=O)C=Cc2ccc(-c3ccc([N+](=O)[O-])cc3Cl)o2)cc1. The smallest absolute Gasteiger partial charge is 0.270 e. The molecule has 0 unspecified atom stereocenters. The molecular weight excluding hydrogens is 354 g/mol. The van der Waals surface area contributed by atoms with Crippen LogP contribution < -0.4 is 0 Å². The van der Waals surface area contributed by atoms with Crippen LogP contribution in [0.25, 0.3) is 17.4 Å². The number of halogens is 1. The van der Waals surface area contributed by atoms with Gasteiger partial charge in [0.15, 0.2) is 5.78 Å². The van der Waals surface area contributed by atoms with Crippen molar-refractivity contribution in [2.75, 3.05) is 0 Å². The summed E-state index contributed by atoms with van der Waals surface area (Å²) < 4.78 is 5.66. The van der Waals surface area contributed by atoms with Gasteiger partial charge in [0, 0.05) is 23.3 Å². The van der Waals surface area contributed by atoms with E-state index in [4.69, 9.17) is 16.0 Å². The lowest BCUT2D eigenvalue weighted by Gasteiger charge is -2.00. The Hall–Kier alpha value is -3.18. The molecule has 0 radical (unpaired) electrons. The predicted molar refractivity (Wildman–Crippen MR) is 100 cm³/mol. The van der Waals surface area contributed by atoms with E-state index in [-0.39, 0.29) is 16.5 Å². The third-order valence-electron chi connectivity index (χ3n) is 3.79. The standard InChI is InChI=1S/C20H14ClNO4/c1-13-2-4-14(5-3-13)19(23)10-7-16-8-11-20(26-16)17-9-6-15(22(24)25)12-18(17)21/h2-12H,1H3. The molecule has 0 bridgehead atoms. The van der Waals surface area contributed by atoms with E-state index in [1.165, 1.54) is 24.3 Å². The molecule has 26 heavy (non-hydrogen) atoms. The molecule has 130 valence electrons. The van der Waals surface area contributed by atoms with Crippen LogP contribution in [0.1, 0.15) is 21.7 Å². The zero-order valence-electron chi connectivity index (χ0n) is 13.8. The second-order valence-electron chi connectivity index (χ2n) is 5.69. The number of rotatable bonds is 5. The summed E-state index contributed by atoms with van der Waals surface area (Å²) in [5.74, 6) is 0.818. The number of ketones is 1. The molecule has 0 aliphatic carbocycles. The van der Waals surface area contributed by atoms with Crippen molar-refractivity contribution in [1.29, 1.82) is 0 Å². The number of carbonyl (C=O) groups excluding carboxylic acids is 1. The summed E-state index contributed by atoms with van der Waals surface area (Å²) in [6, 6.07) is 14.9. The van der Waals surface area contributed by atoms with Crippen LogP contribution in [0.4, 0.5) is 5.69 Å². The number of nitro benzene ring substituents is 1. The third-order valence-corrected chi connectivity index (χ3v) is 4.10. The second kappa shape index (κ2) is 7.37. The average Bonchev–Trinajstić information content (AvgIpc) is 3.08. The van der Waals surface area contributed by atoms with Crippen LogP contribution in [0.5, 0.6) is 0 Å². The molecule has 0 fully saturated rings. The fourth-order valence-corrected chi connectivity index (χ4v) is 2.64. The Bertz CT molecular complexity index is 1000. The summed E-state index contributed by atoms with van der Waals surface area (Å²) in [6.45, 7) is 1.96. The molecule has 0 aliphatic rings. The van der Waals surface area contributed by atoms with E-state index in [0.29, 0.717) is 22.6 Å². The Morgan fingerprint density at radius 3 is 2.50 bits per heavy atom. The highest BCUT2D eigenvalue weighted by molar-refractivity contribution is 6.33. The average molecular weight is 368 g/mol. The highest BCUT2D eigenvalue weighted by Crippen LogP contribution is 2.32. The van der Waals surface area contributed by atoms with Crippen molar-refractivity contribution in [2.45, 2.75) is 6.92 Å². The van der Waals surface area contributed by atoms with Gasteiger partial charge in [0.25, 0.3) is 5.69 Å². The molecule has 3 aromatic rings. The van der Waals surface area contributed by atoms with Crippen molar-refractivity contribution in [2.24, 2.45) is 0 Å². The van der Waals surface area contributed by atoms with E-state index < -0.39 is 4.92 Å². The number of non-ortho nitro benzene ring substituents is 1.